The average Bonchev–Trinajstić information content (AvgIpc) is 3.40. The molecule has 8 rings (SSSR count). The highest BCUT2D eigenvalue weighted by Crippen LogP contribution is 2.46. The van der Waals surface area contributed by atoms with E-state index in [1.807, 2.05) is 23.1 Å². The molecule has 1 aliphatic heterocycles. The fourth-order valence-corrected chi connectivity index (χ4v) is 7.01. The zero-order valence-corrected chi connectivity index (χ0v) is 22.7. The molecule has 0 unspecified atom stereocenters. The number of piperazine rings is 1. The summed E-state index contributed by atoms with van der Waals surface area (Å²) in [6.07, 6.45) is 8.20. The minimum atomic E-state index is -0.385. The standard InChI is InChI=1S/C29H32ClFN8/c1-17-18-7-9-19(10-8-18)24(17)35-27-23(31)29(39-13-11-38(12-14-39)20-5-3-2-4-6-20)37-26(36-27)21-15-32-28-25(21)34-22(30)16-33-28/h2-6,15-19,24H,7-14H2,1H3,(H,32,33)(H,35,36,37)/t17-,18?,19?,24+/m0/s1. The maximum absolute atomic E-state index is 16.3. The number of benzene rings is 1. The molecule has 0 amide bonds. The minimum absolute atomic E-state index is 0.203. The van der Waals surface area contributed by atoms with Crippen molar-refractivity contribution >= 4 is 40.1 Å². The number of para-hydroxylation sites is 1. The Bertz CT molecular complexity index is 1480. The molecule has 4 heterocycles. The van der Waals surface area contributed by atoms with Gasteiger partial charge in [0.1, 0.15) is 10.7 Å². The smallest absolute Gasteiger partial charge is 0.207 e. The Morgan fingerprint density at radius 2 is 1.67 bits per heavy atom. The summed E-state index contributed by atoms with van der Waals surface area (Å²) in [6.45, 7) is 5.18. The molecule has 4 fully saturated rings. The van der Waals surface area contributed by atoms with E-state index in [4.69, 9.17) is 21.6 Å². The van der Waals surface area contributed by atoms with Gasteiger partial charge in [-0.15, -0.1) is 0 Å². The Labute approximate surface area is 232 Å². The average molecular weight is 547 g/mol. The zero-order chi connectivity index (χ0) is 26.5. The van der Waals surface area contributed by atoms with E-state index < -0.39 is 0 Å². The van der Waals surface area contributed by atoms with Gasteiger partial charge in [-0.05, 0) is 55.6 Å². The molecule has 39 heavy (non-hydrogen) atoms. The maximum Gasteiger partial charge on any atom is 0.207 e. The normalized spacial score (nSPS) is 24.9. The van der Waals surface area contributed by atoms with E-state index in [9.17, 15) is 0 Å². The van der Waals surface area contributed by atoms with Crippen LogP contribution in [-0.4, -0.2) is 57.1 Å². The quantitative estimate of drug-likeness (QED) is 0.328. The first-order valence-corrected chi connectivity index (χ1v) is 14.3. The molecule has 1 saturated heterocycles. The number of hydrogen-bond donors (Lipinski definition) is 2. The van der Waals surface area contributed by atoms with Crippen molar-refractivity contribution in [1.29, 1.82) is 0 Å². The second-order valence-electron chi connectivity index (χ2n) is 11.1. The van der Waals surface area contributed by atoms with E-state index in [1.54, 1.807) is 6.20 Å². The largest absolute Gasteiger partial charge is 0.368 e. The van der Waals surface area contributed by atoms with Gasteiger partial charge in [0.15, 0.2) is 23.1 Å². The van der Waals surface area contributed by atoms with E-state index in [1.165, 1.54) is 37.6 Å². The van der Waals surface area contributed by atoms with Crippen molar-refractivity contribution in [2.75, 3.05) is 41.3 Å². The van der Waals surface area contributed by atoms with Gasteiger partial charge in [-0.25, -0.2) is 19.9 Å². The van der Waals surface area contributed by atoms with Gasteiger partial charge in [0.2, 0.25) is 5.82 Å². The van der Waals surface area contributed by atoms with E-state index >= 15 is 4.39 Å². The lowest BCUT2D eigenvalue weighted by atomic mass is 9.62. The number of nitrogens with zero attached hydrogens (tertiary/aromatic N) is 6. The van der Waals surface area contributed by atoms with Gasteiger partial charge in [0, 0.05) is 44.1 Å². The molecule has 1 aromatic carbocycles. The van der Waals surface area contributed by atoms with Crippen LogP contribution in [0.1, 0.15) is 32.6 Å². The number of nitrogens with one attached hydrogen (secondary N) is 2. The lowest BCUT2D eigenvalue weighted by molar-refractivity contribution is 0.0926. The molecule has 2 N–H and O–H groups in total. The predicted octanol–water partition coefficient (Wildman–Crippen LogP) is 5.77. The van der Waals surface area contributed by atoms with Crippen molar-refractivity contribution in [2.45, 2.75) is 38.6 Å². The molecule has 0 spiro atoms. The third kappa shape index (κ3) is 4.46. The predicted molar refractivity (Wildman–Crippen MR) is 153 cm³/mol. The second-order valence-corrected chi connectivity index (χ2v) is 11.5. The number of aromatic amines is 1. The summed E-state index contributed by atoms with van der Waals surface area (Å²) in [6, 6.07) is 10.5. The monoisotopic (exact) mass is 546 g/mol. The summed E-state index contributed by atoms with van der Waals surface area (Å²) in [5, 5.41) is 3.86. The Kier molecular flexibility index (Phi) is 6.26. The van der Waals surface area contributed by atoms with Crippen LogP contribution in [0.4, 0.5) is 21.7 Å². The third-order valence-corrected chi connectivity index (χ3v) is 9.25. The van der Waals surface area contributed by atoms with Gasteiger partial charge >= 0.3 is 0 Å². The van der Waals surface area contributed by atoms with Crippen LogP contribution < -0.4 is 15.1 Å². The van der Waals surface area contributed by atoms with E-state index in [-0.39, 0.29) is 22.8 Å². The molecule has 202 valence electrons. The van der Waals surface area contributed by atoms with Crippen molar-refractivity contribution in [3.63, 3.8) is 0 Å². The van der Waals surface area contributed by atoms with E-state index in [0.29, 0.717) is 59.2 Å². The number of aromatic nitrogens is 5. The summed E-state index contributed by atoms with van der Waals surface area (Å²) in [5.74, 6) is 2.33. The first-order chi connectivity index (χ1) is 19.0. The number of hydrogen-bond acceptors (Lipinski definition) is 7. The third-order valence-electron chi connectivity index (χ3n) is 9.06. The van der Waals surface area contributed by atoms with Crippen LogP contribution in [0.15, 0.2) is 42.7 Å². The molecule has 3 aromatic heterocycles. The van der Waals surface area contributed by atoms with E-state index in [2.05, 4.69) is 44.2 Å². The molecule has 0 radical (unpaired) electrons. The number of H-pyrrole nitrogens is 1. The van der Waals surface area contributed by atoms with Crippen molar-refractivity contribution in [2.24, 2.45) is 17.8 Å². The number of rotatable bonds is 5. The SMILES string of the molecule is C[C@H]1C2CCC(CC2)[C@@H]1Nc1nc(-c2c[nH]c3ncc(Cl)nc23)nc(N2CCN(c3ccccc3)CC2)c1F. The highest BCUT2D eigenvalue weighted by atomic mass is 35.5. The minimum Gasteiger partial charge on any atom is -0.368 e. The van der Waals surface area contributed by atoms with Gasteiger partial charge in [0.05, 0.1) is 11.8 Å². The Balaban J connectivity index is 1.26. The molecule has 10 heteroatoms. The second kappa shape index (κ2) is 9.93. The van der Waals surface area contributed by atoms with Crippen LogP contribution in [0.5, 0.6) is 0 Å². The lowest BCUT2D eigenvalue weighted by Gasteiger charge is -2.47. The molecule has 8 nitrogen and oxygen atoms in total. The molecular formula is C29H32ClFN8. The Morgan fingerprint density at radius 3 is 2.41 bits per heavy atom. The summed E-state index contributed by atoms with van der Waals surface area (Å²) in [4.78, 5) is 25.8. The summed E-state index contributed by atoms with van der Waals surface area (Å²) in [7, 11) is 0. The molecular weight excluding hydrogens is 515 g/mol. The zero-order valence-electron chi connectivity index (χ0n) is 21.9. The van der Waals surface area contributed by atoms with Gasteiger partial charge < -0.3 is 20.1 Å². The molecule has 3 saturated carbocycles. The van der Waals surface area contributed by atoms with Gasteiger partial charge in [-0.1, -0.05) is 36.7 Å². The van der Waals surface area contributed by atoms with Crippen LogP contribution in [-0.2, 0) is 0 Å². The fourth-order valence-electron chi connectivity index (χ4n) is 6.88. The van der Waals surface area contributed by atoms with Gasteiger partial charge in [-0.2, -0.15) is 4.39 Å². The van der Waals surface area contributed by atoms with Crippen molar-refractivity contribution < 1.29 is 4.39 Å². The van der Waals surface area contributed by atoms with Crippen LogP contribution >= 0.6 is 11.6 Å². The van der Waals surface area contributed by atoms with E-state index in [0.717, 1.165) is 13.1 Å². The fraction of sp³-hybridized carbons (Fsp3) is 0.448. The molecule has 2 bridgehead atoms. The van der Waals surface area contributed by atoms with Crippen LogP contribution in [0, 0.1) is 23.6 Å². The number of halogens is 2. The highest BCUT2D eigenvalue weighted by Gasteiger charge is 2.42. The number of fused-ring (bicyclic) bond motifs is 4. The maximum atomic E-state index is 16.3. The molecule has 3 aliphatic carbocycles. The van der Waals surface area contributed by atoms with Crippen molar-refractivity contribution in [1.82, 2.24) is 24.9 Å². The first kappa shape index (κ1) is 24.6. The van der Waals surface area contributed by atoms with Crippen LogP contribution in [0.3, 0.4) is 0 Å². The van der Waals surface area contributed by atoms with Crippen molar-refractivity contribution in [3.05, 3.63) is 53.7 Å². The van der Waals surface area contributed by atoms with Crippen LogP contribution in [0.2, 0.25) is 5.15 Å². The molecule has 4 aliphatic rings. The number of anilines is 3. The highest BCUT2D eigenvalue weighted by molar-refractivity contribution is 6.29. The van der Waals surface area contributed by atoms with Crippen molar-refractivity contribution in [3.8, 4) is 11.4 Å². The Morgan fingerprint density at radius 1 is 0.949 bits per heavy atom. The summed E-state index contributed by atoms with van der Waals surface area (Å²) < 4.78 is 16.3. The lowest BCUT2D eigenvalue weighted by Crippen LogP contribution is -2.48. The van der Waals surface area contributed by atoms with Gasteiger partial charge in [0.25, 0.3) is 0 Å². The molecule has 2 atom stereocenters. The van der Waals surface area contributed by atoms with Crippen LogP contribution in [0.25, 0.3) is 22.6 Å². The summed E-state index contributed by atoms with van der Waals surface area (Å²) in [5.41, 5.74) is 3.00. The topological polar surface area (TPSA) is 85.9 Å². The molecule has 4 aromatic rings. The van der Waals surface area contributed by atoms with Gasteiger partial charge in [-0.3, -0.25) is 0 Å². The summed E-state index contributed by atoms with van der Waals surface area (Å²) >= 11 is 6.18. The first-order valence-electron chi connectivity index (χ1n) is 13.9. The Hall–Kier alpha value is -3.46.